The van der Waals surface area contributed by atoms with Gasteiger partial charge in [0.15, 0.2) is 5.82 Å². The lowest BCUT2D eigenvalue weighted by Crippen LogP contribution is -2.53. The Hall–Kier alpha value is -1.69. The molecule has 110 valence electrons. The Morgan fingerprint density at radius 1 is 1.35 bits per heavy atom. The van der Waals surface area contributed by atoms with Gasteiger partial charge < -0.3 is 15.5 Å². The standard InChI is InChI=1S/C14H23N5O/c1-11(2)10-12(15)14(20)19-8-6-18(7-9-19)13-4-3-5-16-17-13/h3-5,11-12H,6-10,15H2,1-2H3/t12-/m0/s1. The van der Waals surface area contributed by atoms with E-state index in [0.717, 1.165) is 25.3 Å². The summed E-state index contributed by atoms with van der Waals surface area (Å²) in [6.07, 6.45) is 2.40. The normalized spacial score (nSPS) is 17.4. The zero-order valence-corrected chi connectivity index (χ0v) is 12.2. The molecule has 1 saturated heterocycles. The molecule has 0 radical (unpaired) electrons. The van der Waals surface area contributed by atoms with Crippen molar-refractivity contribution in [2.45, 2.75) is 26.3 Å². The zero-order valence-electron chi connectivity index (χ0n) is 12.2. The number of anilines is 1. The lowest BCUT2D eigenvalue weighted by molar-refractivity contribution is -0.133. The molecule has 0 bridgehead atoms. The van der Waals surface area contributed by atoms with E-state index in [-0.39, 0.29) is 11.9 Å². The van der Waals surface area contributed by atoms with Crippen LogP contribution >= 0.6 is 0 Å². The minimum atomic E-state index is -0.377. The largest absolute Gasteiger partial charge is 0.352 e. The molecule has 2 heterocycles. The van der Waals surface area contributed by atoms with Crippen molar-refractivity contribution >= 4 is 11.7 Å². The summed E-state index contributed by atoms with van der Waals surface area (Å²) in [4.78, 5) is 16.2. The van der Waals surface area contributed by atoms with Gasteiger partial charge in [0, 0.05) is 32.4 Å². The van der Waals surface area contributed by atoms with E-state index in [2.05, 4.69) is 28.9 Å². The summed E-state index contributed by atoms with van der Waals surface area (Å²) in [5.74, 6) is 1.37. The average molecular weight is 277 g/mol. The van der Waals surface area contributed by atoms with Gasteiger partial charge in [-0.2, -0.15) is 5.10 Å². The van der Waals surface area contributed by atoms with Gasteiger partial charge in [-0.05, 0) is 24.5 Å². The van der Waals surface area contributed by atoms with Crippen molar-refractivity contribution in [1.29, 1.82) is 0 Å². The quantitative estimate of drug-likeness (QED) is 0.867. The molecule has 0 spiro atoms. The van der Waals surface area contributed by atoms with Crippen molar-refractivity contribution in [1.82, 2.24) is 15.1 Å². The van der Waals surface area contributed by atoms with Crippen molar-refractivity contribution < 1.29 is 4.79 Å². The average Bonchev–Trinajstić information content (AvgIpc) is 2.47. The molecule has 0 aromatic carbocycles. The van der Waals surface area contributed by atoms with Crippen LogP contribution in [0.1, 0.15) is 20.3 Å². The van der Waals surface area contributed by atoms with Gasteiger partial charge in [0.2, 0.25) is 5.91 Å². The summed E-state index contributed by atoms with van der Waals surface area (Å²) in [5.41, 5.74) is 5.97. The topological polar surface area (TPSA) is 75.4 Å². The first kappa shape index (κ1) is 14.7. The molecule has 1 fully saturated rings. The fourth-order valence-electron chi connectivity index (χ4n) is 2.46. The van der Waals surface area contributed by atoms with Crippen molar-refractivity contribution in [3.05, 3.63) is 18.3 Å². The Labute approximate surface area is 120 Å². The number of nitrogens with two attached hydrogens (primary N) is 1. The van der Waals surface area contributed by atoms with Crippen LogP contribution in [0.25, 0.3) is 0 Å². The smallest absolute Gasteiger partial charge is 0.239 e. The molecule has 6 nitrogen and oxygen atoms in total. The van der Waals surface area contributed by atoms with Crippen LogP contribution in [-0.4, -0.2) is 53.2 Å². The summed E-state index contributed by atoms with van der Waals surface area (Å²) in [6.45, 7) is 7.11. The van der Waals surface area contributed by atoms with Gasteiger partial charge in [-0.3, -0.25) is 4.79 Å². The minimum absolute atomic E-state index is 0.0671. The molecule has 2 rings (SSSR count). The third-order valence-corrected chi connectivity index (χ3v) is 3.52. The Bertz CT molecular complexity index is 428. The van der Waals surface area contributed by atoms with Crippen LogP contribution < -0.4 is 10.6 Å². The van der Waals surface area contributed by atoms with Crippen LogP contribution in [0.3, 0.4) is 0 Å². The number of hydrogen-bond donors (Lipinski definition) is 1. The molecule has 1 aromatic heterocycles. The molecule has 0 aliphatic carbocycles. The molecule has 1 aliphatic rings. The van der Waals surface area contributed by atoms with Crippen LogP contribution in [0.5, 0.6) is 0 Å². The number of hydrogen-bond acceptors (Lipinski definition) is 5. The SMILES string of the molecule is CC(C)C[C@H](N)C(=O)N1CCN(c2cccnn2)CC1. The van der Waals surface area contributed by atoms with E-state index in [1.807, 2.05) is 17.0 Å². The molecule has 0 saturated carbocycles. The van der Waals surface area contributed by atoms with Gasteiger partial charge in [0.25, 0.3) is 0 Å². The predicted octanol–water partition coefficient (Wildman–Crippen LogP) is 0.499. The zero-order chi connectivity index (χ0) is 14.5. The van der Waals surface area contributed by atoms with Crippen LogP contribution in [0.15, 0.2) is 18.3 Å². The first-order valence-corrected chi connectivity index (χ1v) is 7.15. The van der Waals surface area contributed by atoms with E-state index in [4.69, 9.17) is 5.73 Å². The highest BCUT2D eigenvalue weighted by Gasteiger charge is 2.26. The van der Waals surface area contributed by atoms with E-state index in [9.17, 15) is 4.79 Å². The summed E-state index contributed by atoms with van der Waals surface area (Å²) in [6, 6.07) is 3.44. The maximum absolute atomic E-state index is 12.2. The molecule has 6 heteroatoms. The Morgan fingerprint density at radius 2 is 2.05 bits per heavy atom. The third kappa shape index (κ3) is 3.66. The second-order valence-corrected chi connectivity index (χ2v) is 5.63. The van der Waals surface area contributed by atoms with Gasteiger partial charge in [-0.1, -0.05) is 13.8 Å². The summed E-state index contributed by atoms with van der Waals surface area (Å²) < 4.78 is 0. The Morgan fingerprint density at radius 3 is 2.60 bits per heavy atom. The van der Waals surface area contributed by atoms with E-state index in [1.165, 1.54) is 0 Å². The number of carbonyl (C=O) groups is 1. The van der Waals surface area contributed by atoms with E-state index in [0.29, 0.717) is 19.0 Å². The van der Waals surface area contributed by atoms with E-state index < -0.39 is 0 Å². The van der Waals surface area contributed by atoms with Crippen LogP contribution in [0, 0.1) is 5.92 Å². The summed E-state index contributed by atoms with van der Waals surface area (Å²) >= 11 is 0. The number of nitrogens with zero attached hydrogens (tertiary/aromatic N) is 4. The van der Waals surface area contributed by atoms with Crippen LogP contribution in [0.2, 0.25) is 0 Å². The third-order valence-electron chi connectivity index (χ3n) is 3.52. The Kier molecular flexibility index (Phi) is 4.89. The number of rotatable bonds is 4. The maximum Gasteiger partial charge on any atom is 0.239 e. The lowest BCUT2D eigenvalue weighted by Gasteiger charge is -2.36. The Balaban J connectivity index is 1.86. The molecular formula is C14H23N5O. The maximum atomic E-state index is 12.2. The van der Waals surface area contributed by atoms with Crippen molar-refractivity contribution in [3.63, 3.8) is 0 Å². The van der Waals surface area contributed by atoms with Crippen molar-refractivity contribution in [2.24, 2.45) is 11.7 Å². The molecule has 1 aliphatic heterocycles. The van der Waals surface area contributed by atoms with Crippen LogP contribution in [0.4, 0.5) is 5.82 Å². The fourth-order valence-corrected chi connectivity index (χ4v) is 2.46. The second-order valence-electron chi connectivity index (χ2n) is 5.63. The number of piperazine rings is 1. The monoisotopic (exact) mass is 277 g/mol. The summed E-state index contributed by atoms with van der Waals surface area (Å²) in [5, 5.41) is 7.98. The number of amides is 1. The first-order chi connectivity index (χ1) is 9.58. The molecule has 1 amide bonds. The predicted molar refractivity (Wildman–Crippen MR) is 78.3 cm³/mol. The molecule has 0 unspecified atom stereocenters. The summed E-state index contributed by atoms with van der Waals surface area (Å²) in [7, 11) is 0. The molecular weight excluding hydrogens is 254 g/mol. The van der Waals surface area contributed by atoms with Crippen molar-refractivity contribution in [2.75, 3.05) is 31.1 Å². The van der Waals surface area contributed by atoms with Crippen molar-refractivity contribution in [3.8, 4) is 0 Å². The highest BCUT2D eigenvalue weighted by molar-refractivity contribution is 5.81. The number of carbonyl (C=O) groups excluding carboxylic acids is 1. The van der Waals surface area contributed by atoms with Gasteiger partial charge >= 0.3 is 0 Å². The van der Waals surface area contributed by atoms with Gasteiger partial charge in [0.05, 0.1) is 6.04 Å². The molecule has 20 heavy (non-hydrogen) atoms. The lowest BCUT2D eigenvalue weighted by atomic mass is 10.0. The van der Waals surface area contributed by atoms with E-state index in [1.54, 1.807) is 6.20 Å². The van der Waals surface area contributed by atoms with Gasteiger partial charge in [0.1, 0.15) is 0 Å². The van der Waals surface area contributed by atoms with Gasteiger partial charge in [-0.15, -0.1) is 5.10 Å². The molecule has 1 atom stereocenters. The van der Waals surface area contributed by atoms with Gasteiger partial charge in [-0.25, -0.2) is 0 Å². The highest BCUT2D eigenvalue weighted by Crippen LogP contribution is 2.13. The van der Waals surface area contributed by atoms with E-state index >= 15 is 0 Å². The van der Waals surface area contributed by atoms with Crippen LogP contribution in [-0.2, 0) is 4.79 Å². The first-order valence-electron chi connectivity index (χ1n) is 7.15. The second kappa shape index (κ2) is 6.65. The fraction of sp³-hybridized carbons (Fsp3) is 0.643. The molecule has 2 N–H and O–H groups in total. The highest BCUT2D eigenvalue weighted by atomic mass is 16.2. The minimum Gasteiger partial charge on any atom is -0.352 e. The number of aromatic nitrogens is 2. The molecule has 1 aromatic rings.